The smallest absolute Gasteiger partial charge is 0.140 e. The molecule has 0 fully saturated rings. The summed E-state index contributed by atoms with van der Waals surface area (Å²) in [5.41, 5.74) is 6.91. The summed E-state index contributed by atoms with van der Waals surface area (Å²) >= 11 is 1.63. The molecule has 21 heavy (non-hydrogen) atoms. The monoisotopic (exact) mass is 306 g/mol. The van der Waals surface area contributed by atoms with Crippen LogP contribution in [0.3, 0.4) is 0 Å². The number of benzene rings is 1. The maximum absolute atomic E-state index is 6.20. The Morgan fingerprint density at radius 3 is 2.29 bits per heavy atom. The number of ether oxygens (including phenoxy) is 2. The largest absolute Gasteiger partial charge is 0.497 e. The summed E-state index contributed by atoms with van der Waals surface area (Å²) in [5, 5.41) is 0.955. The van der Waals surface area contributed by atoms with Crippen LogP contribution in [0.25, 0.3) is 0 Å². The van der Waals surface area contributed by atoms with E-state index in [0.717, 1.165) is 33.5 Å². The maximum Gasteiger partial charge on any atom is 0.140 e. The molecular weight excluding hydrogens is 284 g/mol. The molecule has 2 N–H and O–H groups in total. The van der Waals surface area contributed by atoms with Crippen molar-refractivity contribution >= 4 is 11.3 Å². The lowest BCUT2D eigenvalue weighted by molar-refractivity contribution is 0.304. The number of thiazole rings is 1. The predicted molar refractivity (Wildman–Crippen MR) is 86.0 cm³/mol. The van der Waals surface area contributed by atoms with Crippen molar-refractivity contribution in [3.8, 4) is 11.5 Å². The number of nitrogens with two attached hydrogens (primary N) is 1. The molecule has 0 bridgehead atoms. The van der Waals surface area contributed by atoms with Crippen LogP contribution in [0.15, 0.2) is 24.3 Å². The standard InChI is InChI=1S/C16H22N2O2S/c1-5-13-15(16(2,3)17)21-14(18-13)10-20-12-8-6-11(19-4)7-9-12/h6-9H,5,10,17H2,1-4H3. The summed E-state index contributed by atoms with van der Waals surface area (Å²) in [4.78, 5) is 5.77. The summed E-state index contributed by atoms with van der Waals surface area (Å²) in [7, 11) is 1.65. The zero-order valence-corrected chi connectivity index (χ0v) is 13.8. The van der Waals surface area contributed by atoms with Crippen LogP contribution in [0.4, 0.5) is 0 Å². The topological polar surface area (TPSA) is 57.4 Å². The average Bonchev–Trinajstić information content (AvgIpc) is 2.89. The average molecular weight is 306 g/mol. The lowest BCUT2D eigenvalue weighted by Gasteiger charge is -2.17. The van der Waals surface area contributed by atoms with Crippen molar-refractivity contribution < 1.29 is 9.47 Å². The van der Waals surface area contributed by atoms with Gasteiger partial charge in [0.1, 0.15) is 23.1 Å². The molecule has 0 aliphatic heterocycles. The first kappa shape index (κ1) is 15.8. The first-order valence-corrected chi connectivity index (χ1v) is 7.80. The van der Waals surface area contributed by atoms with Gasteiger partial charge in [-0.25, -0.2) is 4.98 Å². The molecule has 1 aromatic heterocycles. The summed E-state index contributed by atoms with van der Waals surface area (Å²) in [6.07, 6.45) is 0.884. The third-order valence-electron chi connectivity index (χ3n) is 3.08. The molecule has 2 rings (SSSR count). The molecule has 0 atom stereocenters. The Morgan fingerprint density at radius 2 is 1.81 bits per heavy atom. The second kappa shape index (κ2) is 6.45. The van der Waals surface area contributed by atoms with E-state index >= 15 is 0 Å². The van der Waals surface area contributed by atoms with Crippen LogP contribution in [-0.4, -0.2) is 12.1 Å². The van der Waals surface area contributed by atoms with Crippen molar-refractivity contribution in [2.75, 3.05) is 7.11 Å². The van der Waals surface area contributed by atoms with Gasteiger partial charge in [0, 0.05) is 10.4 Å². The van der Waals surface area contributed by atoms with Gasteiger partial charge in [0.05, 0.1) is 12.8 Å². The Balaban J connectivity index is 2.07. The van der Waals surface area contributed by atoms with Gasteiger partial charge in [-0.1, -0.05) is 6.92 Å². The highest BCUT2D eigenvalue weighted by Gasteiger charge is 2.22. The van der Waals surface area contributed by atoms with E-state index in [1.54, 1.807) is 18.4 Å². The summed E-state index contributed by atoms with van der Waals surface area (Å²) in [6.45, 7) is 6.57. The van der Waals surface area contributed by atoms with E-state index in [2.05, 4.69) is 11.9 Å². The van der Waals surface area contributed by atoms with E-state index in [1.165, 1.54) is 0 Å². The predicted octanol–water partition coefficient (Wildman–Crippen LogP) is 3.49. The third kappa shape index (κ3) is 3.95. The van der Waals surface area contributed by atoms with Crippen LogP contribution in [0, 0.1) is 0 Å². The Morgan fingerprint density at radius 1 is 1.19 bits per heavy atom. The molecule has 0 aliphatic carbocycles. The molecule has 0 aliphatic rings. The van der Waals surface area contributed by atoms with Crippen molar-refractivity contribution in [3.05, 3.63) is 39.8 Å². The first-order chi connectivity index (χ1) is 9.94. The highest BCUT2D eigenvalue weighted by molar-refractivity contribution is 7.11. The van der Waals surface area contributed by atoms with Crippen molar-refractivity contribution in [3.63, 3.8) is 0 Å². The number of aromatic nitrogens is 1. The van der Waals surface area contributed by atoms with E-state index in [0.29, 0.717) is 6.61 Å². The molecule has 0 unspecified atom stereocenters. The van der Waals surface area contributed by atoms with Gasteiger partial charge in [0.2, 0.25) is 0 Å². The van der Waals surface area contributed by atoms with Gasteiger partial charge in [0.25, 0.3) is 0 Å². The molecule has 0 saturated heterocycles. The Hall–Kier alpha value is -1.59. The first-order valence-electron chi connectivity index (χ1n) is 6.98. The summed E-state index contributed by atoms with van der Waals surface area (Å²) in [6, 6.07) is 7.54. The third-order valence-corrected chi connectivity index (χ3v) is 4.49. The van der Waals surface area contributed by atoms with Gasteiger partial charge in [0.15, 0.2) is 0 Å². The number of aryl methyl sites for hydroxylation is 1. The normalized spacial score (nSPS) is 11.5. The van der Waals surface area contributed by atoms with Gasteiger partial charge in [-0.05, 0) is 44.5 Å². The molecule has 0 saturated carbocycles. The Labute approximate surface area is 129 Å². The van der Waals surface area contributed by atoms with Gasteiger partial charge < -0.3 is 15.2 Å². The van der Waals surface area contributed by atoms with Crippen molar-refractivity contribution in [2.24, 2.45) is 5.73 Å². The van der Waals surface area contributed by atoms with Crippen LogP contribution in [0.1, 0.15) is 36.3 Å². The van der Waals surface area contributed by atoms with Crippen molar-refractivity contribution in [1.82, 2.24) is 4.98 Å². The van der Waals surface area contributed by atoms with Crippen molar-refractivity contribution in [2.45, 2.75) is 39.3 Å². The minimum atomic E-state index is -0.360. The van der Waals surface area contributed by atoms with E-state index in [4.69, 9.17) is 15.2 Å². The molecule has 2 aromatic rings. The van der Waals surface area contributed by atoms with Crippen LogP contribution in [0.2, 0.25) is 0 Å². The molecule has 114 valence electrons. The van der Waals surface area contributed by atoms with Gasteiger partial charge >= 0.3 is 0 Å². The number of methoxy groups -OCH3 is 1. The van der Waals surface area contributed by atoms with Crippen LogP contribution in [0.5, 0.6) is 11.5 Å². The Bertz CT molecular complexity index is 585. The molecule has 1 heterocycles. The number of rotatable bonds is 6. The molecule has 0 radical (unpaired) electrons. The molecule has 4 nitrogen and oxygen atoms in total. The van der Waals surface area contributed by atoms with Gasteiger partial charge in [-0.3, -0.25) is 0 Å². The minimum absolute atomic E-state index is 0.360. The van der Waals surface area contributed by atoms with E-state index in [-0.39, 0.29) is 5.54 Å². The fourth-order valence-corrected chi connectivity index (χ4v) is 3.10. The minimum Gasteiger partial charge on any atom is -0.497 e. The second-order valence-corrected chi connectivity index (χ2v) is 6.51. The summed E-state index contributed by atoms with van der Waals surface area (Å²) < 4.78 is 10.9. The molecule has 5 heteroatoms. The molecule has 0 amide bonds. The number of nitrogens with zero attached hydrogens (tertiary/aromatic N) is 1. The van der Waals surface area contributed by atoms with Crippen molar-refractivity contribution in [1.29, 1.82) is 0 Å². The lowest BCUT2D eigenvalue weighted by atomic mass is 10.0. The number of hydrogen-bond acceptors (Lipinski definition) is 5. The highest BCUT2D eigenvalue weighted by atomic mass is 32.1. The molecule has 0 spiro atoms. The number of hydrogen-bond donors (Lipinski definition) is 1. The summed E-state index contributed by atoms with van der Waals surface area (Å²) in [5.74, 6) is 1.62. The van der Waals surface area contributed by atoms with Gasteiger partial charge in [-0.2, -0.15) is 0 Å². The van der Waals surface area contributed by atoms with E-state index in [1.807, 2.05) is 38.1 Å². The van der Waals surface area contributed by atoms with Crippen LogP contribution >= 0.6 is 11.3 Å². The quantitative estimate of drug-likeness (QED) is 0.887. The zero-order valence-electron chi connectivity index (χ0n) is 13.0. The fourth-order valence-electron chi connectivity index (χ4n) is 2.02. The lowest BCUT2D eigenvalue weighted by Crippen LogP contribution is -2.28. The zero-order chi connectivity index (χ0) is 15.5. The second-order valence-electron chi connectivity index (χ2n) is 5.42. The fraction of sp³-hybridized carbons (Fsp3) is 0.438. The molecular formula is C16H22N2O2S. The highest BCUT2D eigenvalue weighted by Crippen LogP contribution is 2.29. The molecule has 1 aromatic carbocycles. The van der Waals surface area contributed by atoms with Gasteiger partial charge in [-0.15, -0.1) is 11.3 Å². The van der Waals surface area contributed by atoms with Crippen LogP contribution in [-0.2, 0) is 18.6 Å². The van der Waals surface area contributed by atoms with E-state index in [9.17, 15) is 0 Å². The SMILES string of the molecule is CCc1nc(COc2ccc(OC)cc2)sc1C(C)(C)N. The van der Waals surface area contributed by atoms with Crippen LogP contribution < -0.4 is 15.2 Å². The Kier molecular flexibility index (Phi) is 4.85. The maximum atomic E-state index is 6.20. The van der Waals surface area contributed by atoms with E-state index < -0.39 is 0 Å².